The molecule has 2 amide bonds. The second kappa shape index (κ2) is 12.8. The van der Waals surface area contributed by atoms with Crippen LogP contribution in [0.3, 0.4) is 0 Å². The quantitative estimate of drug-likeness (QED) is 0.328. The zero-order valence-corrected chi connectivity index (χ0v) is 26.1. The summed E-state index contributed by atoms with van der Waals surface area (Å²) in [7, 11) is 1.42. The SMILES string of the molecule is COc1ccc(F)cc1C(=O)NCc1ccc(-c2nn(C3CCN(CC4CN(C(=O)O)C4C(C)(C)C)CC3)c(N)c2C#N)cc1. The van der Waals surface area contributed by atoms with E-state index in [4.69, 9.17) is 15.6 Å². The summed E-state index contributed by atoms with van der Waals surface area (Å²) in [6.45, 7) is 9.58. The summed E-state index contributed by atoms with van der Waals surface area (Å²) in [4.78, 5) is 28.3. The Balaban J connectivity index is 1.21. The summed E-state index contributed by atoms with van der Waals surface area (Å²) in [5.74, 6) is -0.0600. The number of aromatic nitrogens is 2. The van der Waals surface area contributed by atoms with Gasteiger partial charge in [-0.3, -0.25) is 4.79 Å². The van der Waals surface area contributed by atoms with Gasteiger partial charge in [-0.1, -0.05) is 45.0 Å². The van der Waals surface area contributed by atoms with Gasteiger partial charge in [0.15, 0.2) is 0 Å². The van der Waals surface area contributed by atoms with E-state index < -0.39 is 17.8 Å². The minimum absolute atomic E-state index is 0.00478. The van der Waals surface area contributed by atoms with Crippen molar-refractivity contribution in [3.05, 3.63) is 65.0 Å². The van der Waals surface area contributed by atoms with Gasteiger partial charge >= 0.3 is 6.09 Å². The Labute approximate surface area is 262 Å². The summed E-state index contributed by atoms with van der Waals surface area (Å²) in [6.07, 6.45) is 0.785. The maximum absolute atomic E-state index is 13.7. The van der Waals surface area contributed by atoms with Gasteiger partial charge in [-0.25, -0.2) is 13.9 Å². The van der Waals surface area contributed by atoms with E-state index in [0.29, 0.717) is 29.5 Å². The Morgan fingerprint density at radius 2 is 1.87 bits per heavy atom. The molecule has 2 saturated heterocycles. The monoisotopic (exact) mass is 617 g/mol. The number of nitriles is 1. The molecule has 2 aliphatic heterocycles. The number of likely N-dealkylation sites (tertiary alicyclic amines) is 2. The van der Waals surface area contributed by atoms with E-state index in [1.54, 1.807) is 9.58 Å². The van der Waals surface area contributed by atoms with Crippen molar-refractivity contribution in [3.8, 4) is 23.1 Å². The highest BCUT2D eigenvalue weighted by Crippen LogP contribution is 2.39. The number of nitrogens with two attached hydrogens (primary N) is 1. The number of piperidine rings is 1. The molecule has 2 aliphatic rings. The van der Waals surface area contributed by atoms with Crippen LogP contribution in [0.25, 0.3) is 11.3 Å². The zero-order valence-electron chi connectivity index (χ0n) is 26.1. The average molecular weight is 618 g/mol. The van der Waals surface area contributed by atoms with E-state index in [1.165, 1.54) is 19.2 Å². The first-order chi connectivity index (χ1) is 21.4. The second-order valence-corrected chi connectivity index (χ2v) is 12.9. The lowest BCUT2D eigenvalue weighted by atomic mass is 9.72. The number of carbonyl (C=O) groups is 2. The molecule has 2 unspecified atom stereocenters. The van der Waals surface area contributed by atoms with E-state index >= 15 is 0 Å². The fourth-order valence-corrected chi connectivity index (χ4v) is 6.74. The third kappa shape index (κ3) is 6.59. The summed E-state index contributed by atoms with van der Waals surface area (Å²) in [6, 6.07) is 13.4. The molecule has 0 saturated carbocycles. The largest absolute Gasteiger partial charge is 0.496 e. The molecular formula is C33H40FN7O4. The van der Waals surface area contributed by atoms with Crippen LogP contribution in [-0.4, -0.2) is 76.0 Å². The summed E-state index contributed by atoms with van der Waals surface area (Å²) in [5, 5.41) is 27.1. The number of methoxy groups -OCH3 is 1. The molecule has 2 fully saturated rings. The smallest absolute Gasteiger partial charge is 0.407 e. The number of halogens is 1. The van der Waals surface area contributed by atoms with Crippen LogP contribution in [0.5, 0.6) is 5.75 Å². The molecule has 3 heterocycles. The average Bonchev–Trinajstić information content (AvgIpc) is 3.33. The molecule has 2 atom stereocenters. The Hall–Kier alpha value is -4.63. The molecule has 3 aromatic rings. The third-order valence-corrected chi connectivity index (χ3v) is 8.89. The van der Waals surface area contributed by atoms with E-state index in [9.17, 15) is 24.3 Å². The van der Waals surface area contributed by atoms with Crippen molar-refractivity contribution in [3.63, 3.8) is 0 Å². The van der Waals surface area contributed by atoms with E-state index in [1.807, 2.05) is 24.3 Å². The lowest BCUT2D eigenvalue weighted by Gasteiger charge is -2.54. The Morgan fingerprint density at radius 3 is 2.47 bits per heavy atom. The van der Waals surface area contributed by atoms with Gasteiger partial charge < -0.3 is 30.7 Å². The number of hydrogen-bond acceptors (Lipinski definition) is 7. The van der Waals surface area contributed by atoms with Crippen LogP contribution in [0.15, 0.2) is 42.5 Å². The number of nitrogens with zero attached hydrogens (tertiary/aromatic N) is 5. The highest BCUT2D eigenvalue weighted by atomic mass is 19.1. The minimum atomic E-state index is -0.855. The predicted molar refractivity (Wildman–Crippen MR) is 167 cm³/mol. The molecule has 0 aliphatic carbocycles. The van der Waals surface area contributed by atoms with Crippen LogP contribution >= 0.6 is 0 Å². The van der Waals surface area contributed by atoms with Gasteiger partial charge in [-0.2, -0.15) is 10.4 Å². The van der Waals surface area contributed by atoms with Crippen LogP contribution in [0.1, 0.15) is 61.1 Å². The standard InChI is InChI=1S/C33H40FN7O4/c1-33(2,3)29-22(19-40(29)32(43)44)18-39-13-11-24(12-14-39)41-30(36)26(16-35)28(38-41)21-7-5-20(6-8-21)17-37-31(42)25-15-23(34)9-10-27(25)45-4/h5-10,15,22,24,29H,11-14,17-19,36H2,1-4H3,(H,37,42)(H,43,44). The number of hydrogen-bond donors (Lipinski definition) is 3. The highest BCUT2D eigenvalue weighted by molar-refractivity contribution is 5.96. The molecule has 2 aromatic carbocycles. The first-order valence-electron chi connectivity index (χ1n) is 15.1. The van der Waals surface area contributed by atoms with Crippen molar-refractivity contribution in [1.29, 1.82) is 5.26 Å². The molecule has 45 heavy (non-hydrogen) atoms. The van der Waals surface area contributed by atoms with E-state index in [-0.39, 0.29) is 35.4 Å². The number of nitrogen functional groups attached to an aromatic ring is 1. The van der Waals surface area contributed by atoms with Crippen LogP contribution in [-0.2, 0) is 6.54 Å². The lowest BCUT2D eigenvalue weighted by molar-refractivity contribution is -0.0500. The molecule has 0 radical (unpaired) electrons. The van der Waals surface area contributed by atoms with E-state index in [0.717, 1.165) is 49.7 Å². The van der Waals surface area contributed by atoms with Gasteiger partial charge in [-0.15, -0.1) is 0 Å². The summed E-state index contributed by atoms with van der Waals surface area (Å²) >= 11 is 0. The molecule has 4 N–H and O–H groups in total. The first kappa shape index (κ1) is 31.8. The third-order valence-electron chi connectivity index (χ3n) is 8.89. The van der Waals surface area contributed by atoms with Crippen molar-refractivity contribution in [2.24, 2.45) is 11.3 Å². The van der Waals surface area contributed by atoms with Crippen molar-refractivity contribution in [2.75, 3.05) is 39.0 Å². The number of amides is 2. The summed E-state index contributed by atoms with van der Waals surface area (Å²) in [5.41, 5.74) is 8.82. The van der Waals surface area contributed by atoms with Crippen LogP contribution < -0.4 is 15.8 Å². The number of carboxylic acid groups (broad SMARTS) is 1. The van der Waals surface area contributed by atoms with Gasteiger partial charge in [0.05, 0.1) is 18.7 Å². The number of benzene rings is 2. The molecule has 12 heteroatoms. The number of ether oxygens (including phenoxy) is 1. The maximum Gasteiger partial charge on any atom is 0.407 e. The van der Waals surface area contributed by atoms with Crippen LogP contribution in [0, 0.1) is 28.5 Å². The Bertz CT molecular complexity index is 1600. The molecule has 238 valence electrons. The minimum Gasteiger partial charge on any atom is -0.496 e. The number of carbonyl (C=O) groups excluding carboxylic acids is 1. The number of anilines is 1. The lowest BCUT2D eigenvalue weighted by Crippen LogP contribution is -2.66. The Morgan fingerprint density at radius 1 is 1.18 bits per heavy atom. The van der Waals surface area contributed by atoms with Crippen LogP contribution in [0.2, 0.25) is 0 Å². The van der Waals surface area contributed by atoms with Gasteiger partial charge in [0.25, 0.3) is 5.91 Å². The molecule has 0 bridgehead atoms. The summed E-state index contributed by atoms with van der Waals surface area (Å²) < 4.78 is 20.6. The van der Waals surface area contributed by atoms with Gasteiger partial charge in [0, 0.05) is 50.2 Å². The van der Waals surface area contributed by atoms with Crippen molar-refractivity contribution in [2.45, 2.75) is 52.2 Å². The zero-order chi connectivity index (χ0) is 32.5. The number of nitrogens with one attached hydrogen (secondary N) is 1. The highest BCUT2D eigenvalue weighted by Gasteiger charge is 2.48. The molecular weight excluding hydrogens is 577 g/mol. The fraction of sp³-hybridized carbons (Fsp3) is 0.455. The normalized spacial score (nSPS) is 19.1. The van der Waals surface area contributed by atoms with Crippen molar-refractivity contribution in [1.82, 2.24) is 24.9 Å². The topological polar surface area (TPSA) is 150 Å². The van der Waals surface area contributed by atoms with Crippen molar-refractivity contribution < 1.29 is 23.8 Å². The van der Waals surface area contributed by atoms with Crippen molar-refractivity contribution >= 4 is 17.8 Å². The first-order valence-corrected chi connectivity index (χ1v) is 15.1. The fourth-order valence-electron chi connectivity index (χ4n) is 6.74. The van der Waals surface area contributed by atoms with E-state index in [2.05, 4.69) is 37.1 Å². The van der Waals surface area contributed by atoms with Gasteiger partial charge in [0.1, 0.15) is 34.7 Å². The van der Waals surface area contributed by atoms with Gasteiger partial charge in [-0.05, 0) is 42.0 Å². The molecule has 0 spiro atoms. The number of rotatable bonds is 8. The molecule has 5 rings (SSSR count). The predicted octanol–water partition coefficient (Wildman–Crippen LogP) is 4.74. The van der Waals surface area contributed by atoms with Gasteiger partial charge in [0.2, 0.25) is 0 Å². The molecule has 11 nitrogen and oxygen atoms in total. The molecule has 1 aromatic heterocycles. The second-order valence-electron chi connectivity index (χ2n) is 12.9. The maximum atomic E-state index is 13.7. The van der Waals surface area contributed by atoms with Crippen LogP contribution in [0.4, 0.5) is 15.0 Å². The Kier molecular flexibility index (Phi) is 9.02.